The quantitative estimate of drug-likeness (QED) is 0.534. The van der Waals surface area contributed by atoms with E-state index in [-0.39, 0.29) is 5.06 Å². The number of hydrogen-bond acceptors (Lipinski definition) is 4. The van der Waals surface area contributed by atoms with Gasteiger partial charge in [-0.3, -0.25) is 14.8 Å². The minimum Gasteiger partial charge on any atom is -0.278 e. The van der Waals surface area contributed by atoms with Crippen molar-refractivity contribution < 1.29 is 14.8 Å². The van der Waals surface area contributed by atoms with Gasteiger partial charge in [-0.05, 0) is 29.7 Å². The van der Waals surface area contributed by atoms with Crippen LogP contribution in [0.1, 0.15) is 34.1 Å². The number of amides is 2. The Morgan fingerprint density at radius 3 is 2.70 bits per heavy atom. The minimum atomic E-state index is -0.661. The largest absolute Gasteiger partial charge is 0.286 e. The summed E-state index contributed by atoms with van der Waals surface area (Å²) in [6, 6.07) is 9.04. The number of benzene rings is 2. The first-order valence-electron chi connectivity index (χ1n) is 6.41. The van der Waals surface area contributed by atoms with Crippen molar-refractivity contribution in [1.29, 1.82) is 0 Å². The predicted octanol–water partition coefficient (Wildman–Crippen LogP) is 3.33. The summed E-state index contributed by atoms with van der Waals surface area (Å²) in [7, 11) is 0. The van der Waals surface area contributed by atoms with Crippen LogP contribution in [0.2, 0.25) is 0 Å². The van der Waals surface area contributed by atoms with E-state index < -0.39 is 11.8 Å². The Kier molecular flexibility index (Phi) is 3.23. The van der Waals surface area contributed by atoms with Crippen molar-refractivity contribution >= 4 is 34.3 Å². The molecule has 20 heavy (non-hydrogen) atoms. The van der Waals surface area contributed by atoms with Crippen molar-refractivity contribution in [1.82, 2.24) is 5.06 Å². The van der Waals surface area contributed by atoms with E-state index in [0.29, 0.717) is 16.5 Å². The van der Waals surface area contributed by atoms with Gasteiger partial charge in [-0.2, -0.15) is 0 Å². The molecule has 0 bridgehead atoms. The number of thioether (sulfide) groups is 1. The van der Waals surface area contributed by atoms with Gasteiger partial charge in [-0.1, -0.05) is 25.1 Å². The third kappa shape index (κ3) is 1.82. The summed E-state index contributed by atoms with van der Waals surface area (Å²) in [6.45, 7) is 2.06. The molecule has 2 aromatic rings. The lowest BCUT2D eigenvalue weighted by Crippen LogP contribution is -2.37. The van der Waals surface area contributed by atoms with Crippen LogP contribution >= 0.6 is 11.8 Å². The lowest BCUT2D eigenvalue weighted by molar-refractivity contribution is -0.0379. The molecule has 0 aromatic heterocycles. The minimum absolute atomic E-state index is 0.215. The van der Waals surface area contributed by atoms with E-state index in [4.69, 9.17) is 0 Å². The summed E-state index contributed by atoms with van der Waals surface area (Å²) < 4.78 is 0. The normalized spacial score (nSPS) is 14.2. The van der Waals surface area contributed by atoms with Gasteiger partial charge in [0.25, 0.3) is 11.8 Å². The third-order valence-electron chi connectivity index (χ3n) is 3.30. The molecule has 1 N–H and O–H groups in total. The van der Waals surface area contributed by atoms with Gasteiger partial charge in [0, 0.05) is 10.3 Å². The number of imide groups is 1. The second-order valence-corrected chi connectivity index (χ2v) is 5.75. The molecule has 0 unspecified atom stereocenters. The number of hydrogen-bond donors (Lipinski definition) is 1. The highest BCUT2D eigenvalue weighted by Crippen LogP contribution is 2.36. The fraction of sp³-hybridized carbons (Fsp3) is 0.200. The zero-order valence-electron chi connectivity index (χ0n) is 10.9. The molecule has 5 heteroatoms. The maximum Gasteiger partial charge on any atom is 0.286 e. The molecule has 2 amide bonds. The lowest BCUT2D eigenvalue weighted by Gasteiger charge is -2.23. The SMILES string of the molecule is CCCSc1ccc2cccc3c2c1C(=O)N(O)C3=O. The third-order valence-corrected chi connectivity index (χ3v) is 4.56. The standard InChI is InChI=1S/C15H13NO3S/c1-2-8-20-11-7-6-9-4-3-5-10-12(9)13(11)15(18)16(19)14(10)17/h3-7,19H,2,8H2,1H3. The maximum absolute atomic E-state index is 12.2. The zero-order chi connectivity index (χ0) is 14.3. The van der Waals surface area contributed by atoms with Crippen molar-refractivity contribution in [2.75, 3.05) is 5.75 Å². The molecular weight excluding hydrogens is 274 g/mol. The smallest absolute Gasteiger partial charge is 0.278 e. The Labute approximate surface area is 120 Å². The predicted molar refractivity (Wildman–Crippen MR) is 77.2 cm³/mol. The van der Waals surface area contributed by atoms with E-state index in [9.17, 15) is 14.8 Å². The van der Waals surface area contributed by atoms with Crippen molar-refractivity contribution in [2.24, 2.45) is 0 Å². The lowest BCUT2D eigenvalue weighted by atomic mass is 9.95. The highest BCUT2D eigenvalue weighted by Gasteiger charge is 2.33. The van der Waals surface area contributed by atoms with Gasteiger partial charge >= 0.3 is 0 Å². The molecule has 3 rings (SSSR count). The highest BCUT2D eigenvalue weighted by molar-refractivity contribution is 7.99. The van der Waals surface area contributed by atoms with E-state index in [2.05, 4.69) is 6.92 Å². The molecular formula is C15H13NO3S. The number of nitrogens with zero attached hydrogens (tertiary/aromatic N) is 1. The highest BCUT2D eigenvalue weighted by atomic mass is 32.2. The van der Waals surface area contributed by atoms with Crippen LogP contribution in [-0.4, -0.2) is 27.8 Å². The topological polar surface area (TPSA) is 57.6 Å². The van der Waals surface area contributed by atoms with E-state index in [1.807, 2.05) is 18.2 Å². The zero-order valence-corrected chi connectivity index (χ0v) is 11.7. The Morgan fingerprint density at radius 1 is 1.15 bits per heavy atom. The van der Waals surface area contributed by atoms with Crippen molar-refractivity contribution in [3.05, 3.63) is 41.5 Å². The molecule has 2 aromatic carbocycles. The second-order valence-electron chi connectivity index (χ2n) is 4.61. The summed E-state index contributed by atoms with van der Waals surface area (Å²) in [6.07, 6.45) is 0.986. The van der Waals surface area contributed by atoms with Gasteiger partial charge in [0.15, 0.2) is 0 Å². The van der Waals surface area contributed by atoms with Crippen LogP contribution in [0.3, 0.4) is 0 Å². The van der Waals surface area contributed by atoms with E-state index in [0.717, 1.165) is 22.5 Å². The second kappa shape index (κ2) is 4.92. The molecule has 0 saturated heterocycles. The van der Waals surface area contributed by atoms with Crippen LogP contribution in [0.15, 0.2) is 35.2 Å². The van der Waals surface area contributed by atoms with Gasteiger partial charge in [0.1, 0.15) is 0 Å². The molecule has 0 spiro atoms. The van der Waals surface area contributed by atoms with Crippen molar-refractivity contribution in [3.8, 4) is 0 Å². The van der Waals surface area contributed by atoms with Gasteiger partial charge in [0.05, 0.1) is 11.1 Å². The molecule has 0 radical (unpaired) electrons. The molecule has 0 atom stereocenters. The van der Waals surface area contributed by atoms with Crippen LogP contribution in [-0.2, 0) is 0 Å². The van der Waals surface area contributed by atoms with Gasteiger partial charge in [0.2, 0.25) is 0 Å². The van der Waals surface area contributed by atoms with E-state index >= 15 is 0 Å². The summed E-state index contributed by atoms with van der Waals surface area (Å²) in [5, 5.41) is 11.4. The van der Waals surface area contributed by atoms with Crippen molar-refractivity contribution in [3.63, 3.8) is 0 Å². The summed E-state index contributed by atoms with van der Waals surface area (Å²) in [5.41, 5.74) is 0.803. The number of carbonyl (C=O) groups excluding carboxylic acids is 2. The monoisotopic (exact) mass is 287 g/mol. The Bertz CT molecular complexity index is 726. The Morgan fingerprint density at radius 2 is 1.95 bits per heavy atom. The van der Waals surface area contributed by atoms with Gasteiger partial charge < -0.3 is 0 Å². The first-order valence-corrected chi connectivity index (χ1v) is 7.40. The van der Waals surface area contributed by atoms with E-state index in [1.54, 1.807) is 23.9 Å². The first kappa shape index (κ1) is 13.1. The molecule has 1 aliphatic rings. The van der Waals surface area contributed by atoms with Crippen molar-refractivity contribution in [2.45, 2.75) is 18.2 Å². The molecule has 1 heterocycles. The number of hydroxylamine groups is 2. The molecule has 0 saturated carbocycles. The van der Waals surface area contributed by atoms with Crippen LogP contribution < -0.4 is 0 Å². The average molecular weight is 287 g/mol. The number of carbonyl (C=O) groups is 2. The molecule has 0 fully saturated rings. The number of rotatable bonds is 3. The molecule has 1 aliphatic heterocycles. The van der Waals surface area contributed by atoms with Crippen LogP contribution in [0.5, 0.6) is 0 Å². The average Bonchev–Trinajstić information content (AvgIpc) is 2.48. The summed E-state index contributed by atoms with van der Waals surface area (Å²) in [5.74, 6) is -0.420. The fourth-order valence-corrected chi connectivity index (χ4v) is 3.32. The van der Waals surface area contributed by atoms with Gasteiger partial charge in [-0.25, -0.2) is 0 Å². The van der Waals surface area contributed by atoms with Crippen LogP contribution in [0.4, 0.5) is 0 Å². The molecule has 0 aliphatic carbocycles. The molecule has 102 valence electrons. The first-order chi connectivity index (χ1) is 9.65. The van der Waals surface area contributed by atoms with Gasteiger partial charge in [-0.15, -0.1) is 16.8 Å². The Hall–Kier alpha value is -1.85. The Balaban J connectivity index is 2.33. The summed E-state index contributed by atoms with van der Waals surface area (Å²) >= 11 is 1.57. The van der Waals surface area contributed by atoms with Crippen LogP contribution in [0, 0.1) is 0 Å². The fourth-order valence-electron chi connectivity index (χ4n) is 2.40. The van der Waals surface area contributed by atoms with E-state index in [1.165, 1.54) is 0 Å². The maximum atomic E-state index is 12.2. The summed E-state index contributed by atoms with van der Waals surface area (Å²) in [4.78, 5) is 25.0. The van der Waals surface area contributed by atoms with Crippen LogP contribution in [0.25, 0.3) is 10.8 Å². The molecule has 4 nitrogen and oxygen atoms in total.